The lowest BCUT2D eigenvalue weighted by molar-refractivity contribution is 0.182. The minimum Gasteiger partial charge on any atom is -0.300 e. The summed E-state index contributed by atoms with van der Waals surface area (Å²) in [5, 5.41) is 0. The number of aryl methyl sites for hydroxylation is 2. The van der Waals surface area contributed by atoms with Gasteiger partial charge in [-0.05, 0) is 56.8 Å². The molecule has 0 bridgehead atoms. The number of likely N-dealkylation sites (tertiary alicyclic amines) is 1. The molecule has 0 spiro atoms. The number of fused-ring (bicyclic) bond motifs is 1. The number of benzene rings is 1. The number of rotatable bonds is 4. The van der Waals surface area contributed by atoms with Crippen molar-refractivity contribution in [2.75, 3.05) is 26.2 Å². The summed E-state index contributed by atoms with van der Waals surface area (Å²) in [6, 6.07) is 8.59. The molecule has 3 rings (SSSR count). The molecule has 0 saturated carbocycles. The third kappa shape index (κ3) is 3.23. The Labute approximate surface area is 136 Å². The van der Waals surface area contributed by atoms with Crippen LogP contribution in [0.3, 0.4) is 0 Å². The molecule has 1 aromatic rings. The molecule has 0 amide bonds. The first-order chi connectivity index (χ1) is 10.7. The van der Waals surface area contributed by atoms with Gasteiger partial charge in [-0.1, -0.05) is 44.0 Å². The predicted molar refractivity (Wildman–Crippen MR) is 94.4 cm³/mol. The molecule has 2 aliphatic rings. The minimum atomic E-state index is 0.665. The Hall–Kier alpha value is -0.860. The van der Waals surface area contributed by atoms with Crippen molar-refractivity contribution in [2.24, 2.45) is 0 Å². The van der Waals surface area contributed by atoms with Gasteiger partial charge in [-0.2, -0.15) is 0 Å². The average Bonchev–Trinajstić information content (AvgIpc) is 2.90. The Bertz CT molecular complexity index is 492. The van der Waals surface area contributed by atoms with E-state index in [2.05, 4.69) is 48.8 Å². The molecular weight excluding hydrogens is 268 g/mol. The second kappa shape index (κ2) is 7.14. The number of likely N-dealkylation sites (N-methyl/N-ethyl adjacent to an activating group) is 1. The van der Waals surface area contributed by atoms with Gasteiger partial charge in [0, 0.05) is 25.2 Å². The van der Waals surface area contributed by atoms with Gasteiger partial charge >= 0.3 is 0 Å². The normalized spacial score (nSPS) is 26.2. The Balaban J connectivity index is 1.79. The van der Waals surface area contributed by atoms with Gasteiger partial charge in [0.25, 0.3) is 0 Å². The van der Waals surface area contributed by atoms with E-state index in [9.17, 15) is 0 Å². The van der Waals surface area contributed by atoms with Crippen LogP contribution in [0.15, 0.2) is 18.2 Å². The van der Waals surface area contributed by atoms with Crippen LogP contribution in [0.5, 0.6) is 0 Å². The summed E-state index contributed by atoms with van der Waals surface area (Å²) < 4.78 is 0. The fraction of sp³-hybridized carbons (Fsp3) is 0.700. The predicted octanol–water partition coefficient (Wildman–Crippen LogP) is 4.18. The third-order valence-corrected chi connectivity index (χ3v) is 5.80. The van der Waals surface area contributed by atoms with E-state index in [4.69, 9.17) is 0 Å². The lowest BCUT2D eigenvalue weighted by Crippen LogP contribution is -2.38. The molecular formula is C20H32N2. The summed E-state index contributed by atoms with van der Waals surface area (Å²) in [5.41, 5.74) is 4.67. The molecule has 1 aromatic carbocycles. The van der Waals surface area contributed by atoms with Crippen LogP contribution < -0.4 is 0 Å². The van der Waals surface area contributed by atoms with Crippen LogP contribution >= 0.6 is 0 Å². The van der Waals surface area contributed by atoms with Gasteiger partial charge in [0.05, 0.1) is 0 Å². The monoisotopic (exact) mass is 300 g/mol. The smallest absolute Gasteiger partial charge is 0.0351 e. The van der Waals surface area contributed by atoms with Crippen LogP contribution in [0.2, 0.25) is 0 Å². The molecule has 1 aliphatic heterocycles. The average molecular weight is 300 g/mol. The molecule has 1 saturated heterocycles. The minimum absolute atomic E-state index is 0.665. The van der Waals surface area contributed by atoms with E-state index in [1.807, 2.05) is 0 Å². The van der Waals surface area contributed by atoms with Gasteiger partial charge in [0.1, 0.15) is 0 Å². The zero-order chi connectivity index (χ0) is 15.5. The maximum absolute atomic E-state index is 2.78. The Kier molecular flexibility index (Phi) is 5.20. The Morgan fingerprint density at radius 3 is 2.73 bits per heavy atom. The summed E-state index contributed by atoms with van der Waals surface area (Å²) in [6.07, 6.45) is 6.71. The standard InChI is InChI=1S/C20H32N2/c1-4-21(5-2)18-12-13-22(15-18)20-9-7-6-8-17-11-10-16(3)14-19(17)20/h10-11,14,18,20H,4-9,12-13,15H2,1-3H3. The highest BCUT2D eigenvalue weighted by Gasteiger charge is 2.32. The highest BCUT2D eigenvalue weighted by Crippen LogP contribution is 2.36. The molecule has 2 nitrogen and oxygen atoms in total. The number of hydrogen-bond donors (Lipinski definition) is 0. The molecule has 22 heavy (non-hydrogen) atoms. The lowest BCUT2D eigenvalue weighted by Gasteiger charge is -2.31. The largest absolute Gasteiger partial charge is 0.300 e. The van der Waals surface area contributed by atoms with Crippen molar-refractivity contribution in [1.29, 1.82) is 0 Å². The SMILES string of the molecule is CCN(CC)C1CCN(C2CCCCc3ccc(C)cc32)C1. The zero-order valence-corrected chi connectivity index (χ0v) is 14.6. The topological polar surface area (TPSA) is 6.48 Å². The van der Waals surface area contributed by atoms with Crippen LogP contribution in [0.4, 0.5) is 0 Å². The molecule has 1 fully saturated rings. The van der Waals surface area contributed by atoms with E-state index >= 15 is 0 Å². The highest BCUT2D eigenvalue weighted by atomic mass is 15.3. The van der Waals surface area contributed by atoms with Crippen molar-refractivity contribution in [2.45, 2.75) is 65.0 Å². The molecule has 0 radical (unpaired) electrons. The van der Waals surface area contributed by atoms with Gasteiger partial charge in [0.15, 0.2) is 0 Å². The molecule has 0 aromatic heterocycles. The van der Waals surface area contributed by atoms with Crippen molar-refractivity contribution >= 4 is 0 Å². The van der Waals surface area contributed by atoms with Gasteiger partial charge in [-0.15, -0.1) is 0 Å². The summed E-state index contributed by atoms with van der Waals surface area (Å²) in [5.74, 6) is 0. The van der Waals surface area contributed by atoms with Crippen molar-refractivity contribution in [3.63, 3.8) is 0 Å². The second-order valence-electron chi connectivity index (χ2n) is 7.12. The lowest BCUT2D eigenvalue weighted by atomic mass is 9.96. The molecule has 122 valence electrons. The van der Waals surface area contributed by atoms with E-state index in [0.717, 1.165) is 6.04 Å². The maximum atomic E-state index is 2.78. The van der Waals surface area contributed by atoms with Crippen molar-refractivity contribution in [1.82, 2.24) is 9.80 Å². The summed E-state index contributed by atoms with van der Waals surface area (Å²) in [6.45, 7) is 11.8. The summed E-state index contributed by atoms with van der Waals surface area (Å²) in [4.78, 5) is 5.43. The molecule has 1 heterocycles. The fourth-order valence-electron chi connectivity index (χ4n) is 4.53. The van der Waals surface area contributed by atoms with E-state index in [1.54, 1.807) is 11.1 Å². The van der Waals surface area contributed by atoms with Gasteiger partial charge in [-0.25, -0.2) is 0 Å². The van der Waals surface area contributed by atoms with E-state index in [-0.39, 0.29) is 0 Å². The maximum Gasteiger partial charge on any atom is 0.0351 e. The highest BCUT2D eigenvalue weighted by molar-refractivity contribution is 5.35. The van der Waals surface area contributed by atoms with Crippen LogP contribution in [0.1, 0.15) is 62.3 Å². The Morgan fingerprint density at radius 1 is 1.14 bits per heavy atom. The number of hydrogen-bond acceptors (Lipinski definition) is 2. The molecule has 1 aliphatic carbocycles. The third-order valence-electron chi connectivity index (χ3n) is 5.80. The van der Waals surface area contributed by atoms with Crippen LogP contribution in [-0.4, -0.2) is 42.0 Å². The van der Waals surface area contributed by atoms with Crippen molar-refractivity contribution < 1.29 is 0 Å². The van der Waals surface area contributed by atoms with Gasteiger partial charge in [-0.3, -0.25) is 9.80 Å². The van der Waals surface area contributed by atoms with E-state index in [0.29, 0.717) is 6.04 Å². The summed E-state index contributed by atoms with van der Waals surface area (Å²) in [7, 11) is 0. The first-order valence-electron chi connectivity index (χ1n) is 9.30. The van der Waals surface area contributed by atoms with Crippen molar-refractivity contribution in [3.8, 4) is 0 Å². The van der Waals surface area contributed by atoms with Crippen LogP contribution in [-0.2, 0) is 6.42 Å². The molecule has 2 atom stereocenters. The van der Waals surface area contributed by atoms with E-state index < -0.39 is 0 Å². The zero-order valence-electron chi connectivity index (χ0n) is 14.6. The van der Waals surface area contributed by atoms with Gasteiger partial charge < -0.3 is 0 Å². The van der Waals surface area contributed by atoms with Crippen LogP contribution in [0.25, 0.3) is 0 Å². The quantitative estimate of drug-likeness (QED) is 0.770. The molecule has 0 N–H and O–H groups in total. The van der Waals surface area contributed by atoms with Crippen molar-refractivity contribution in [3.05, 3.63) is 34.9 Å². The van der Waals surface area contributed by atoms with E-state index in [1.165, 1.54) is 63.8 Å². The fourth-order valence-corrected chi connectivity index (χ4v) is 4.53. The molecule has 2 heteroatoms. The first kappa shape index (κ1) is 16.0. The Morgan fingerprint density at radius 2 is 1.95 bits per heavy atom. The van der Waals surface area contributed by atoms with Gasteiger partial charge in [0.2, 0.25) is 0 Å². The number of nitrogens with zero attached hydrogens (tertiary/aromatic N) is 2. The van der Waals surface area contributed by atoms with Crippen LogP contribution in [0, 0.1) is 6.92 Å². The second-order valence-corrected chi connectivity index (χ2v) is 7.12. The summed E-state index contributed by atoms with van der Waals surface area (Å²) >= 11 is 0. The molecule has 2 unspecified atom stereocenters. The first-order valence-corrected chi connectivity index (χ1v) is 9.30.